The number of carbonyl (C=O) groups excluding carboxylic acids is 2. The topological polar surface area (TPSA) is 91.2 Å². The number of nitrogens with one attached hydrogen (secondary N) is 2. The van der Waals surface area contributed by atoms with Gasteiger partial charge in [-0.3, -0.25) is 9.59 Å². The second-order valence-electron chi connectivity index (χ2n) is 7.31. The molecule has 0 unspecified atom stereocenters. The van der Waals surface area contributed by atoms with Crippen LogP contribution in [0.15, 0.2) is 82.8 Å². The molecule has 0 spiro atoms. The number of nitriles is 1. The molecule has 0 saturated heterocycles. The van der Waals surface area contributed by atoms with Gasteiger partial charge in [0.25, 0.3) is 11.8 Å². The average molecular weight is 522 g/mol. The fourth-order valence-corrected chi connectivity index (χ4v) is 3.52. The van der Waals surface area contributed by atoms with E-state index in [-0.39, 0.29) is 18.2 Å². The van der Waals surface area contributed by atoms with Crippen molar-refractivity contribution < 1.29 is 18.7 Å². The standard InChI is InChI=1S/C26H21BrFN3O3/c1-17(19-5-3-2-4-6-19)30-26(33)20(15-29)13-18-7-12-24(23(27)14-18)34-16-25(32)31-22-10-8-21(28)9-11-22/h2-14,17H,16H2,1H3,(H,30,33)(H,31,32)/b20-13-/t17-/m0/s1. The number of hydrogen-bond donors (Lipinski definition) is 2. The fourth-order valence-electron chi connectivity index (χ4n) is 3.01. The summed E-state index contributed by atoms with van der Waals surface area (Å²) < 4.78 is 19.0. The van der Waals surface area contributed by atoms with Gasteiger partial charge in [0.15, 0.2) is 6.61 Å². The van der Waals surface area contributed by atoms with Crippen LogP contribution in [0.2, 0.25) is 0 Å². The summed E-state index contributed by atoms with van der Waals surface area (Å²) in [4.78, 5) is 24.6. The number of carbonyl (C=O) groups is 2. The van der Waals surface area contributed by atoms with Gasteiger partial charge in [-0.1, -0.05) is 36.4 Å². The minimum absolute atomic E-state index is 0.0398. The van der Waals surface area contributed by atoms with Crippen LogP contribution in [0.5, 0.6) is 5.75 Å². The molecule has 0 aliphatic rings. The van der Waals surface area contributed by atoms with Gasteiger partial charge in [0.05, 0.1) is 10.5 Å². The molecule has 1 atom stereocenters. The first-order valence-corrected chi connectivity index (χ1v) is 11.1. The third-order valence-corrected chi connectivity index (χ3v) is 5.39. The van der Waals surface area contributed by atoms with E-state index in [0.29, 0.717) is 21.5 Å². The molecule has 172 valence electrons. The van der Waals surface area contributed by atoms with E-state index in [9.17, 15) is 19.2 Å². The Morgan fingerprint density at radius 3 is 2.47 bits per heavy atom. The Morgan fingerprint density at radius 1 is 1.12 bits per heavy atom. The summed E-state index contributed by atoms with van der Waals surface area (Å²) in [6, 6.07) is 21.5. The predicted molar refractivity (Wildman–Crippen MR) is 131 cm³/mol. The highest BCUT2D eigenvalue weighted by Crippen LogP contribution is 2.27. The Hall–Kier alpha value is -3.96. The van der Waals surface area contributed by atoms with Gasteiger partial charge in [-0.2, -0.15) is 5.26 Å². The lowest BCUT2D eigenvalue weighted by Crippen LogP contribution is -2.27. The first kappa shape index (κ1) is 24.7. The Morgan fingerprint density at radius 2 is 1.82 bits per heavy atom. The zero-order valence-corrected chi connectivity index (χ0v) is 19.8. The normalized spacial score (nSPS) is 11.8. The molecule has 34 heavy (non-hydrogen) atoms. The van der Waals surface area contributed by atoms with Gasteiger partial charge < -0.3 is 15.4 Å². The summed E-state index contributed by atoms with van der Waals surface area (Å²) in [5.74, 6) is -0.867. The molecule has 3 aromatic carbocycles. The van der Waals surface area contributed by atoms with Gasteiger partial charge in [0, 0.05) is 5.69 Å². The van der Waals surface area contributed by atoms with Gasteiger partial charge in [0.1, 0.15) is 23.2 Å². The Labute approximate surface area is 205 Å². The van der Waals surface area contributed by atoms with Gasteiger partial charge in [-0.25, -0.2) is 4.39 Å². The second kappa shape index (κ2) is 11.8. The number of ether oxygens (including phenoxy) is 1. The molecule has 2 N–H and O–H groups in total. The van der Waals surface area contributed by atoms with E-state index in [1.807, 2.05) is 43.3 Å². The molecule has 0 saturated carbocycles. The number of halogens is 2. The number of amides is 2. The van der Waals surface area contributed by atoms with Crippen molar-refractivity contribution >= 4 is 39.5 Å². The maximum Gasteiger partial charge on any atom is 0.262 e. The minimum atomic E-state index is -0.479. The van der Waals surface area contributed by atoms with Crippen molar-refractivity contribution in [2.75, 3.05) is 11.9 Å². The summed E-state index contributed by atoms with van der Waals surface area (Å²) in [5, 5.41) is 14.9. The van der Waals surface area contributed by atoms with E-state index in [2.05, 4.69) is 26.6 Å². The molecule has 0 aliphatic heterocycles. The molecule has 0 aromatic heterocycles. The quantitative estimate of drug-likeness (QED) is 0.307. The molecular weight excluding hydrogens is 501 g/mol. The summed E-state index contributed by atoms with van der Waals surface area (Å²) >= 11 is 3.38. The summed E-state index contributed by atoms with van der Waals surface area (Å²) in [5.41, 5.74) is 1.95. The first-order chi connectivity index (χ1) is 16.4. The molecule has 0 fully saturated rings. The highest BCUT2D eigenvalue weighted by Gasteiger charge is 2.14. The highest BCUT2D eigenvalue weighted by molar-refractivity contribution is 9.10. The maximum atomic E-state index is 13.0. The van der Waals surface area contributed by atoms with Gasteiger partial charge >= 0.3 is 0 Å². The molecule has 6 nitrogen and oxygen atoms in total. The van der Waals surface area contributed by atoms with Crippen LogP contribution in [0.3, 0.4) is 0 Å². The van der Waals surface area contributed by atoms with E-state index < -0.39 is 17.6 Å². The van der Waals surface area contributed by atoms with Gasteiger partial charge in [0.2, 0.25) is 0 Å². The maximum absolute atomic E-state index is 13.0. The van der Waals surface area contributed by atoms with Crippen LogP contribution < -0.4 is 15.4 Å². The Kier molecular flexibility index (Phi) is 8.54. The zero-order chi connectivity index (χ0) is 24.5. The monoisotopic (exact) mass is 521 g/mol. The van der Waals surface area contributed by atoms with E-state index in [1.54, 1.807) is 18.2 Å². The Bertz CT molecular complexity index is 1240. The summed E-state index contributed by atoms with van der Waals surface area (Å²) in [6.45, 7) is 1.59. The van der Waals surface area contributed by atoms with Gasteiger partial charge in [-0.05, 0) is 76.5 Å². The summed E-state index contributed by atoms with van der Waals surface area (Å²) in [6.07, 6.45) is 1.48. The average Bonchev–Trinajstić information content (AvgIpc) is 2.83. The molecule has 3 rings (SSSR count). The zero-order valence-electron chi connectivity index (χ0n) is 18.2. The lowest BCUT2D eigenvalue weighted by Gasteiger charge is -2.14. The van der Waals surface area contributed by atoms with Crippen LogP contribution in [0.1, 0.15) is 24.1 Å². The third kappa shape index (κ3) is 7.02. The molecule has 0 bridgehead atoms. The van der Waals surface area contributed by atoms with Crippen molar-refractivity contribution in [1.82, 2.24) is 5.32 Å². The smallest absolute Gasteiger partial charge is 0.262 e. The van der Waals surface area contributed by atoms with Crippen LogP contribution in [0.25, 0.3) is 6.08 Å². The van der Waals surface area contributed by atoms with Crippen LogP contribution in [0, 0.1) is 17.1 Å². The number of benzene rings is 3. The predicted octanol–water partition coefficient (Wildman–Crippen LogP) is 5.39. The highest BCUT2D eigenvalue weighted by atomic mass is 79.9. The number of anilines is 1. The SMILES string of the molecule is C[C@H](NC(=O)/C(C#N)=C\c1ccc(OCC(=O)Nc2ccc(F)cc2)c(Br)c1)c1ccccc1. The van der Waals surface area contributed by atoms with Crippen molar-refractivity contribution in [2.24, 2.45) is 0 Å². The number of rotatable bonds is 8. The molecule has 3 aromatic rings. The van der Waals surface area contributed by atoms with Crippen molar-refractivity contribution in [3.05, 3.63) is 99.8 Å². The molecule has 0 aliphatic carbocycles. The van der Waals surface area contributed by atoms with Crippen molar-refractivity contribution in [3.8, 4) is 11.8 Å². The number of hydrogen-bond acceptors (Lipinski definition) is 4. The van der Waals surface area contributed by atoms with Crippen molar-refractivity contribution in [1.29, 1.82) is 5.26 Å². The fraction of sp³-hybridized carbons (Fsp3) is 0.115. The molecule has 0 radical (unpaired) electrons. The van der Waals surface area contributed by atoms with Gasteiger partial charge in [-0.15, -0.1) is 0 Å². The first-order valence-electron chi connectivity index (χ1n) is 10.3. The van der Waals surface area contributed by atoms with E-state index in [4.69, 9.17) is 4.74 Å². The Balaban J connectivity index is 1.61. The molecular formula is C26H21BrFN3O3. The number of nitrogens with zero attached hydrogens (tertiary/aromatic N) is 1. The van der Waals surface area contributed by atoms with Crippen molar-refractivity contribution in [2.45, 2.75) is 13.0 Å². The summed E-state index contributed by atoms with van der Waals surface area (Å²) in [7, 11) is 0. The molecule has 2 amide bonds. The van der Waals surface area contributed by atoms with Crippen LogP contribution in [0.4, 0.5) is 10.1 Å². The van der Waals surface area contributed by atoms with Crippen LogP contribution in [-0.2, 0) is 9.59 Å². The molecule has 0 heterocycles. The van der Waals surface area contributed by atoms with Crippen LogP contribution in [-0.4, -0.2) is 18.4 Å². The van der Waals surface area contributed by atoms with E-state index in [0.717, 1.165) is 5.56 Å². The lowest BCUT2D eigenvalue weighted by molar-refractivity contribution is -0.118. The van der Waals surface area contributed by atoms with E-state index in [1.165, 1.54) is 30.3 Å². The third-order valence-electron chi connectivity index (χ3n) is 4.77. The largest absolute Gasteiger partial charge is 0.483 e. The molecule has 8 heteroatoms. The van der Waals surface area contributed by atoms with Crippen molar-refractivity contribution in [3.63, 3.8) is 0 Å². The van der Waals surface area contributed by atoms with E-state index >= 15 is 0 Å². The lowest BCUT2D eigenvalue weighted by atomic mass is 10.1. The minimum Gasteiger partial charge on any atom is -0.483 e. The van der Waals surface area contributed by atoms with Crippen LogP contribution >= 0.6 is 15.9 Å². The second-order valence-corrected chi connectivity index (χ2v) is 8.16.